The molecule has 0 saturated heterocycles. The van der Waals surface area contributed by atoms with Crippen LogP contribution in [-0.2, 0) is 13.1 Å². The molecule has 0 aliphatic carbocycles. The van der Waals surface area contributed by atoms with E-state index in [-0.39, 0.29) is 0 Å². The van der Waals surface area contributed by atoms with E-state index < -0.39 is 0 Å². The van der Waals surface area contributed by atoms with Crippen molar-refractivity contribution in [2.24, 2.45) is 11.5 Å². The van der Waals surface area contributed by atoms with Crippen LogP contribution >= 0.6 is 0 Å². The van der Waals surface area contributed by atoms with Crippen LogP contribution in [0.25, 0.3) is 11.1 Å². The summed E-state index contributed by atoms with van der Waals surface area (Å²) in [6.45, 7) is 0.876. The topological polar surface area (TPSA) is 64.9 Å². The first kappa shape index (κ1) is 10.8. The van der Waals surface area contributed by atoms with Gasteiger partial charge in [0.15, 0.2) is 0 Å². The van der Waals surface area contributed by atoms with Gasteiger partial charge in [-0.05, 0) is 23.3 Å². The van der Waals surface area contributed by atoms with Crippen LogP contribution in [0.4, 0.5) is 0 Å². The molecular formula is C13H15N3. The maximum absolute atomic E-state index is 5.62. The Balaban J connectivity index is 2.48. The number of benzene rings is 1. The molecule has 82 valence electrons. The summed E-state index contributed by atoms with van der Waals surface area (Å²) in [5.74, 6) is 0. The molecule has 16 heavy (non-hydrogen) atoms. The Morgan fingerprint density at radius 1 is 0.812 bits per heavy atom. The second kappa shape index (κ2) is 4.88. The van der Waals surface area contributed by atoms with Crippen LogP contribution < -0.4 is 11.5 Å². The zero-order chi connectivity index (χ0) is 11.4. The summed E-state index contributed by atoms with van der Waals surface area (Å²) in [6, 6.07) is 14.2. The minimum Gasteiger partial charge on any atom is -0.325 e. The molecule has 1 aromatic carbocycles. The van der Waals surface area contributed by atoms with Crippen LogP contribution in [0.2, 0.25) is 0 Å². The van der Waals surface area contributed by atoms with Crippen molar-refractivity contribution < 1.29 is 0 Å². The van der Waals surface area contributed by atoms with Gasteiger partial charge in [-0.2, -0.15) is 0 Å². The molecule has 0 aliphatic heterocycles. The second-order valence-electron chi connectivity index (χ2n) is 3.61. The quantitative estimate of drug-likeness (QED) is 0.815. The van der Waals surface area contributed by atoms with E-state index in [0.717, 1.165) is 22.5 Å². The summed E-state index contributed by atoms with van der Waals surface area (Å²) in [5, 5.41) is 0. The van der Waals surface area contributed by atoms with Crippen molar-refractivity contribution in [3.05, 3.63) is 53.9 Å². The molecule has 0 spiro atoms. The fraction of sp³-hybridized carbons (Fsp3) is 0.154. The van der Waals surface area contributed by atoms with Crippen LogP contribution in [-0.4, -0.2) is 4.98 Å². The molecule has 2 rings (SSSR count). The summed E-state index contributed by atoms with van der Waals surface area (Å²) in [7, 11) is 0. The van der Waals surface area contributed by atoms with Crippen LogP contribution in [0.5, 0.6) is 0 Å². The van der Waals surface area contributed by atoms with E-state index in [4.69, 9.17) is 11.5 Å². The zero-order valence-electron chi connectivity index (χ0n) is 9.06. The van der Waals surface area contributed by atoms with Crippen LogP contribution in [0.1, 0.15) is 11.4 Å². The average molecular weight is 213 g/mol. The van der Waals surface area contributed by atoms with E-state index in [1.807, 2.05) is 30.3 Å². The largest absolute Gasteiger partial charge is 0.325 e. The van der Waals surface area contributed by atoms with Gasteiger partial charge in [-0.3, -0.25) is 4.98 Å². The molecule has 0 atom stereocenters. The molecule has 0 bridgehead atoms. The smallest absolute Gasteiger partial charge is 0.0549 e. The van der Waals surface area contributed by atoms with Gasteiger partial charge in [0.1, 0.15) is 0 Å². The molecule has 1 heterocycles. The minimum absolute atomic E-state index is 0.438. The maximum atomic E-state index is 5.62. The highest BCUT2D eigenvalue weighted by molar-refractivity contribution is 5.63. The standard InChI is InChI=1S/C13H15N3/c14-8-12-6-11(7-13(9-15)16-12)10-4-2-1-3-5-10/h1-7H,8-9,14-15H2. The number of hydrogen-bond acceptors (Lipinski definition) is 3. The second-order valence-corrected chi connectivity index (χ2v) is 3.61. The Morgan fingerprint density at radius 2 is 1.38 bits per heavy atom. The molecule has 3 heteroatoms. The van der Waals surface area contributed by atoms with Crippen molar-refractivity contribution in [1.29, 1.82) is 0 Å². The lowest BCUT2D eigenvalue weighted by molar-refractivity contribution is 0.917. The van der Waals surface area contributed by atoms with E-state index in [1.54, 1.807) is 0 Å². The molecule has 2 aromatic rings. The molecule has 4 N–H and O–H groups in total. The van der Waals surface area contributed by atoms with Crippen molar-refractivity contribution in [2.75, 3.05) is 0 Å². The lowest BCUT2D eigenvalue weighted by atomic mass is 10.0. The van der Waals surface area contributed by atoms with Gasteiger partial charge in [0.25, 0.3) is 0 Å². The van der Waals surface area contributed by atoms with Gasteiger partial charge >= 0.3 is 0 Å². The highest BCUT2D eigenvalue weighted by atomic mass is 14.8. The van der Waals surface area contributed by atoms with Gasteiger partial charge in [0.05, 0.1) is 11.4 Å². The van der Waals surface area contributed by atoms with Gasteiger partial charge < -0.3 is 11.5 Å². The van der Waals surface area contributed by atoms with E-state index in [2.05, 4.69) is 17.1 Å². The molecule has 0 saturated carbocycles. The van der Waals surface area contributed by atoms with E-state index >= 15 is 0 Å². The predicted octanol–water partition coefficient (Wildman–Crippen LogP) is 1.67. The fourth-order valence-corrected chi connectivity index (χ4v) is 1.66. The number of hydrogen-bond donors (Lipinski definition) is 2. The summed E-state index contributed by atoms with van der Waals surface area (Å²) < 4.78 is 0. The van der Waals surface area contributed by atoms with Crippen LogP contribution in [0.15, 0.2) is 42.5 Å². The van der Waals surface area contributed by atoms with E-state index in [1.165, 1.54) is 0 Å². The van der Waals surface area contributed by atoms with Crippen molar-refractivity contribution in [3.8, 4) is 11.1 Å². The minimum atomic E-state index is 0.438. The van der Waals surface area contributed by atoms with E-state index in [9.17, 15) is 0 Å². The first-order valence-electron chi connectivity index (χ1n) is 5.29. The molecule has 0 radical (unpaired) electrons. The Bertz CT molecular complexity index is 444. The molecule has 0 unspecified atom stereocenters. The Labute approximate surface area is 95.1 Å². The lowest BCUT2D eigenvalue weighted by Gasteiger charge is -2.06. The van der Waals surface area contributed by atoms with Crippen molar-refractivity contribution in [3.63, 3.8) is 0 Å². The SMILES string of the molecule is NCc1cc(-c2ccccc2)cc(CN)n1. The summed E-state index contributed by atoms with van der Waals surface area (Å²) in [6.07, 6.45) is 0. The number of aromatic nitrogens is 1. The third kappa shape index (κ3) is 2.27. The van der Waals surface area contributed by atoms with Gasteiger partial charge in [0, 0.05) is 13.1 Å². The third-order valence-electron chi connectivity index (χ3n) is 2.46. The third-order valence-corrected chi connectivity index (χ3v) is 2.46. The molecule has 3 nitrogen and oxygen atoms in total. The molecular weight excluding hydrogens is 198 g/mol. The molecule has 0 aliphatic rings. The summed E-state index contributed by atoms with van der Waals surface area (Å²) in [4.78, 5) is 4.35. The van der Waals surface area contributed by atoms with Crippen molar-refractivity contribution >= 4 is 0 Å². The number of nitrogens with two attached hydrogens (primary N) is 2. The van der Waals surface area contributed by atoms with E-state index in [0.29, 0.717) is 13.1 Å². The predicted molar refractivity (Wildman–Crippen MR) is 65.5 cm³/mol. The number of pyridine rings is 1. The molecule has 0 amide bonds. The van der Waals surface area contributed by atoms with Crippen molar-refractivity contribution in [2.45, 2.75) is 13.1 Å². The Kier molecular flexibility index (Phi) is 3.29. The molecule has 1 aromatic heterocycles. The monoisotopic (exact) mass is 213 g/mol. The average Bonchev–Trinajstić information content (AvgIpc) is 2.39. The fourth-order valence-electron chi connectivity index (χ4n) is 1.66. The van der Waals surface area contributed by atoms with Crippen LogP contribution in [0.3, 0.4) is 0 Å². The van der Waals surface area contributed by atoms with Crippen LogP contribution in [0, 0.1) is 0 Å². The first-order chi connectivity index (χ1) is 7.83. The highest BCUT2D eigenvalue weighted by Gasteiger charge is 2.02. The van der Waals surface area contributed by atoms with Gasteiger partial charge in [-0.25, -0.2) is 0 Å². The Morgan fingerprint density at radius 3 is 1.88 bits per heavy atom. The van der Waals surface area contributed by atoms with Gasteiger partial charge in [0.2, 0.25) is 0 Å². The molecule has 0 fully saturated rings. The lowest BCUT2D eigenvalue weighted by Crippen LogP contribution is -2.06. The summed E-state index contributed by atoms with van der Waals surface area (Å²) >= 11 is 0. The maximum Gasteiger partial charge on any atom is 0.0549 e. The zero-order valence-corrected chi connectivity index (χ0v) is 9.06. The van der Waals surface area contributed by atoms with Gasteiger partial charge in [-0.1, -0.05) is 30.3 Å². The normalized spacial score (nSPS) is 10.4. The highest BCUT2D eigenvalue weighted by Crippen LogP contribution is 2.20. The summed E-state index contributed by atoms with van der Waals surface area (Å²) in [5.41, 5.74) is 15.3. The number of rotatable bonds is 3. The first-order valence-corrected chi connectivity index (χ1v) is 5.29. The Hall–Kier alpha value is -1.71. The van der Waals surface area contributed by atoms with Gasteiger partial charge in [-0.15, -0.1) is 0 Å². The number of nitrogens with zero attached hydrogens (tertiary/aromatic N) is 1. The van der Waals surface area contributed by atoms with Crippen molar-refractivity contribution in [1.82, 2.24) is 4.98 Å².